The maximum Gasteiger partial charge on any atom is 0.237 e. The monoisotopic (exact) mass is 289 g/mol. The van der Waals surface area contributed by atoms with E-state index in [9.17, 15) is 4.79 Å². The third kappa shape index (κ3) is 6.83. The molecule has 1 aromatic rings. The van der Waals surface area contributed by atoms with Gasteiger partial charge in [0, 0.05) is 12.5 Å². The van der Waals surface area contributed by atoms with Gasteiger partial charge in [0.15, 0.2) is 0 Å². The highest BCUT2D eigenvalue weighted by atomic mass is 16.5. The van der Waals surface area contributed by atoms with Crippen molar-refractivity contribution in [3.8, 4) is 5.75 Å². The number of hydrazone groups is 1. The Labute approximate surface area is 127 Å². The molecule has 0 atom stereocenters. The number of hydrogen-bond donors (Lipinski definition) is 2. The van der Waals surface area contributed by atoms with Crippen molar-refractivity contribution < 1.29 is 9.53 Å². The van der Waals surface area contributed by atoms with Crippen molar-refractivity contribution in [2.24, 2.45) is 5.10 Å². The van der Waals surface area contributed by atoms with Crippen molar-refractivity contribution >= 4 is 19.6 Å². The predicted molar refractivity (Wildman–Crippen MR) is 88.3 cm³/mol. The number of ether oxygens (including phenoxy) is 1. The van der Waals surface area contributed by atoms with E-state index in [0.717, 1.165) is 17.0 Å². The normalized spacial score (nSPS) is 11.3. The highest BCUT2D eigenvalue weighted by Crippen LogP contribution is 2.13. The number of hydrogen-bond acceptors (Lipinski definition) is 4. The Bertz CT molecular complexity index is 472. The summed E-state index contributed by atoms with van der Waals surface area (Å²) in [6, 6.07) is 7.96. The minimum absolute atomic E-state index is 0.0721. The zero-order valence-electron chi connectivity index (χ0n) is 13.3. The zero-order valence-corrected chi connectivity index (χ0v) is 13.3. The number of carbonyl (C=O) groups is 1. The lowest BCUT2D eigenvalue weighted by Gasteiger charge is -2.09. The molecular weight excluding hydrogens is 265 g/mol. The lowest BCUT2D eigenvalue weighted by molar-refractivity contribution is -0.121. The van der Waals surface area contributed by atoms with Crippen LogP contribution in [-0.2, 0) is 4.79 Å². The van der Waals surface area contributed by atoms with Crippen LogP contribution in [0.2, 0.25) is 0 Å². The number of nitrogens with one attached hydrogen (secondary N) is 2. The molecule has 0 aliphatic carbocycles. The summed E-state index contributed by atoms with van der Waals surface area (Å²) in [7, 11) is 1.77. The van der Waals surface area contributed by atoms with Gasteiger partial charge in [0.05, 0.1) is 12.3 Å². The molecule has 0 saturated carbocycles. The van der Waals surface area contributed by atoms with Gasteiger partial charge in [-0.1, -0.05) is 0 Å². The van der Waals surface area contributed by atoms with Crippen LogP contribution in [0.4, 0.5) is 0 Å². The Hall–Kier alpha value is -1.98. The summed E-state index contributed by atoms with van der Waals surface area (Å²) < 4.78 is 5.62. The first-order chi connectivity index (χ1) is 10.0. The van der Waals surface area contributed by atoms with Gasteiger partial charge in [-0.05, 0) is 57.0 Å². The van der Waals surface area contributed by atoms with E-state index in [0.29, 0.717) is 19.4 Å². The fourth-order valence-corrected chi connectivity index (χ4v) is 1.84. The first-order valence-corrected chi connectivity index (χ1v) is 7.26. The van der Waals surface area contributed by atoms with Crippen molar-refractivity contribution in [2.45, 2.75) is 39.7 Å². The van der Waals surface area contributed by atoms with E-state index in [1.807, 2.05) is 45.0 Å². The van der Waals surface area contributed by atoms with Gasteiger partial charge in [-0.15, -0.1) is 0 Å². The zero-order chi connectivity index (χ0) is 15.7. The highest BCUT2D eigenvalue weighted by molar-refractivity contribution is 6.06. The van der Waals surface area contributed by atoms with E-state index in [1.165, 1.54) is 0 Å². The second-order valence-corrected chi connectivity index (χ2v) is 5.12. The number of rotatable bonds is 8. The second-order valence-electron chi connectivity index (χ2n) is 5.12. The Morgan fingerprint density at radius 2 is 2.00 bits per heavy atom. The number of carbonyl (C=O) groups excluding carboxylic acids is 1. The third-order valence-electron chi connectivity index (χ3n) is 2.82. The molecule has 0 unspecified atom stereocenters. The molecule has 5 nitrogen and oxygen atoms in total. The van der Waals surface area contributed by atoms with Gasteiger partial charge >= 0.3 is 0 Å². The molecule has 1 aromatic carbocycles. The Balaban J connectivity index is 2.33. The standard InChI is InChI=1S/C15H24BN3O2/c1-11(2)17-15(20)5-4-10-21-14-8-6-13(7-9-14)12(3)18-19-16/h6-9,11,19H,4-5,10,16H2,1-3H3,(H,17,20)/b18-12+. The fraction of sp³-hybridized carbons (Fsp3) is 0.467. The van der Waals surface area contributed by atoms with E-state index in [4.69, 9.17) is 4.74 Å². The first kappa shape index (κ1) is 17.1. The largest absolute Gasteiger partial charge is 0.494 e. The summed E-state index contributed by atoms with van der Waals surface area (Å²) in [5, 5.41) is 9.75. The van der Waals surface area contributed by atoms with Crippen LogP contribution in [-0.4, -0.2) is 32.2 Å². The van der Waals surface area contributed by atoms with Crippen molar-refractivity contribution in [2.75, 3.05) is 6.61 Å². The van der Waals surface area contributed by atoms with E-state index in [2.05, 4.69) is 15.8 Å². The van der Waals surface area contributed by atoms with Gasteiger partial charge in [-0.3, -0.25) is 4.79 Å². The first-order valence-electron chi connectivity index (χ1n) is 7.26. The maximum atomic E-state index is 11.5. The predicted octanol–water partition coefficient (Wildman–Crippen LogP) is 1.23. The fourth-order valence-electron chi connectivity index (χ4n) is 1.84. The minimum atomic E-state index is 0.0721. The lowest BCUT2D eigenvalue weighted by atomic mass is 10.1. The topological polar surface area (TPSA) is 62.7 Å². The molecule has 2 N–H and O–H groups in total. The molecule has 6 heteroatoms. The molecule has 0 bridgehead atoms. The van der Waals surface area contributed by atoms with Crippen LogP contribution in [0, 0.1) is 0 Å². The van der Waals surface area contributed by atoms with E-state index in [-0.39, 0.29) is 11.9 Å². The quantitative estimate of drug-likeness (QED) is 0.327. The molecule has 0 aliphatic heterocycles. The molecule has 1 rings (SSSR count). The summed E-state index contributed by atoms with van der Waals surface area (Å²) in [6.45, 7) is 6.39. The van der Waals surface area contributed by atoms with Gasteiger partial charge in [0.2, 0.25) is 13.9 Å². The molecule has 0 aromatic heterocycles. The summed E-state index contributed by atoms with van der Waals surface area (Å²) in [5.74, 6) is 0.878. The van der Waals surface area contributed by atoms with Crippen LogP contribution in [0.25, 0.3) is 0 Å². The lowest BCUT2D eigenvalue weighted by Crippen LogP contribution is -2.30. The molecule has 21 heavy (non-hydrogen) atoms. The average Bonchev–Trinajstić information content (AvgIpc) is 2.44. The van der Waals surface area contributed by atoms with Gasteiger partial charge in [0.1, 0.15) is 5.75 Å². The number of amides is 1. The van der Waals surface area contributed by atoms with Crippen molar-refractivity contribution in [1.82, 2.24) is 10.7 Å². The van der Waals surface area contributed by atoms with Crippen molar-refractivity contribution in [3.05, 3.63) is 29.8 Å². The van der Waals surface area contributed by atoms with Crippen LogP contribution in [0.3, 0.4) is 0 Å². The maximum absolute atomic E-state index is 11.5. The number of benzene rings is 1. The van der Waals surface area contributed by atoms with Crippen LogP contribution in [0.15, 0.2) is 29.4 Å². The molecule has 0 aliphatic rings. The third-order valence-corrected chi connectivity index (χ3v) is 2.82. The molecule has 0 fully saturated rings. The van der Waals surface area contributed by atoms with Crippen LogP contribution in [0.1, 0.15) is 39.2 Å². The molecule has 0 heterocycles. The molecule has 1 amide bonds. The molecular formula is C15H24BN3O2. The molecule has 0 radical (unpaired) electrons. The van der Waals surface area contributed by atoms with Crippen LogP contribution in [0.5, 0.6) is 5.75 Å². The molecule has 0 saturated heterocycles. The van der Waals surface area contributed by atoms with Crippen LogP contribution < -0.4 is 15.4 Å². The summed E-state index contributed by atoms with van der Waals surface area (Å²) in [4.78, 5) is 11.5. The smallest absolute Gasteiger partial charge is 0.237 e. The van der Waals surface area contributed by atoms with Gasteiger partial charge in [-0.25, -0.2) is 0 Å². The Kier molecular flexibility index (Phi) is 7.36. The summed E-state index contributed by atoms with van der Waals surface area (Å²) >= 11 is 0. The summed E-state index contributed by atoms with van der Waals surface area (Å²) in [5.41, 5.74) is 1.97. The minimum Gasteiger partial charge on any atom is -0.494 e. The summed E-state index contributed by atoms with van der Waals surface area (Å²) in [6.07, 6.45) is 1.20. The van der Waals surface area contributed by atoms with Crippen LogP contribution >= 0.6 is 0 Å². The Morgan fingerprint density at radius 3 is 2.57 bits per heavy atom. The number of nitrogens with zero attached hydrogens (tertiary/aromatic N) is 1. The van der Waals surface area contributed by atoms with E-state index < -0.39 is 0 Å². The van der Waals surface area contributed by atoms with Crippen molar-refractivity contribution in [1.29, 1.82) is 0 Å². The van der Waals surface area contributed by atoms with E-state index >= 15 is 0 Å². The van der Waals surface area contributed by atoms with Gasteiger partial charge in [0.25, 0.3) is 0 Å². The Morgan fingerprint density at radius 1 is 1.33 bits per heavy atom. The van der Waals surface area contributed by atoms with Gasteiger partial charge in [-0.2, -0.15) is 5.10 Å². The average molecular weight is 289 g/mol. The SMILES string of the molecule is BN/N=C(\C)c1ccc(OCCCC(=O)NC(C)C)cc1. The molecule has 114 valence electrons. The van der Waals surface area contributed by atoms with E-state index in [1.54, 1.807) is 7.98 Å². The van der Waals surface area contributed by atoms with Crippen molar-refractivity contribution in [3.63, 3.8) is 0 Å². The molecule has 0 spiro atoms. The second kappa shape index (κ2) is 9.05. The highest BCUT2D eigenvalue weighted by Gasteiger charge is 2.03. The van der Waals surface area contributed by atoms with Gasteiger partial charge < -0.3 is 15.4 Å².